The average Bonchev–Trinajstić information content (AvgIpc) is 2.52. The van der Waals surface area contributed by atoms with Crippen LogP contribution < -0.4 is 9.47 Å². The third-order valence-electron chi connectivity index (χ3n) is 4.36. The van der Waals surface area contributed by atoms with Crippen LogP contribution in [0.4, 0.5) is 0 Å². The number of ether oxygens (including phenoxy) is 2. The van der Waals surface area contributed by atoms with E-state index in [0.717, 1.165) is 11.5 Å². The molecule has 2 heteroatoms. The van der Waals surface area contributed by atoms with Crippen molar-refractivity contribution < 1.29 is 9.47 Å². The lowest BCUT2D eigenvalue weighted by Gasteiger charge is -2.28. The van der Waals surface area contributed by atoms with Crippen molar-refractivity contribution in [2.45, 2.75) is 52.4 Å². The van der Waals surface area contributed by atoms with Gasteiger partial charge in [-0.25, -0.2) is 0 Å². The highest BCUT2D eigenvalue weighted by Gasteiger charge is 2.25. The van der Waals surface area contributed by atoms with Gasteiger partial charge in [0.15, 0.2) is 0 Å². The fourth-order valence-corrected chi connectivity index (χ4v) is 3.03. The van der Waals surface area contributed by atoms with Crippen LogP contribution in [0.3, 0.4) is 0 Å². The predicted molar refractivity (Wildman–Crippen MR) is 102 cm³/mol. The van der Waals surface area contributed by atoms with Gasteiger partial charge in [0.05, 0.1) is 14.2 Å². The maximum absolute atomic E-state index is 5.49. The Morgan fingerprint density at radius 1 is 0.583 bits per heavy atom. The predicted octanol–water partition coefficient (Wildman–Crippen LogP) is 5.97. The molecule has 0 amide bonds. The zero-order valence-electron chi connectivity index (χ0n) is 16.3. The maximum atomic E-state index is 5.49. The van der Waals surface area contributed by atoms with Crippen LogP contribution in [-0.2, 0) is 10.8 Å². The fraction of sp³-hybridized carbons (Fsp3) is 0.455. The number of hydrogen-bond acceptors (Lipinski definition) is 2. The Bertz CT molecular complexity index is 716. The maximum Gasteiger partial charge on any atom is 0.119 e. The van der Waals surface area contributed by atoms with Crippen LogP contribution in [0.15, 0.2) is 36.4 Å². The largest absolute Gasteiger partial charge is 0.497 e. The number of methoxy groups -OCH3 is 2. The van der Waals surface area contributed by atoms with E-state index in [0.29, 0.717) is 0 Å². The van der Waals surface area contributed by atoms with Crippen LogP contribution in [0.25, 0.3) is 11.1 Å². The Labute approximate surface area is 146 Å². The second-order valence-electron chi connectivity index (χ2n) is 8.32. The average molecular weight is 326 g/mol. The van der Waals surface area contributed by atoms with E-state index in [9.17, 15) is 0 Å². The smallest absolute Gasteiger partial charge is 0.119 e. The van der Waals surface area contributed by atoms with Gasteiger partial charge < -0.3 is 9.47 Å². The van der Waals surface area contributed by atoms with Gasteiger partial charge in [0.25, 0.3) is 0 Å². The highest BCUT2D eigenvalue weighted by molar-refractivity contribution is 5.75. The molecule has 0 heterocycles. The van der Waals surface area contributed by atoms with Crippen molar-refractivity contribution in [3.05, 3.63) is 47.5 Å². The van der Waals surface area contributed by atoms with E-state index in [-0.39, 0.29) is 10.8 Å². The first-order valence-electron chi connectivity index (χ1n) is 8.45. The van der Waals surface area contributed by atoms with Gasteiger partial charge in [-0.05, 0) is 57.3 Å². The molecule has 0 aromatic heterocycles. The van der Waals surface area contributed by atoms with Gasteiger partial charge >= 0.3 is 0 Å². The summed E-state index contributed by atoms with van der Waals surface area (Å²) in [6.45, 7) is 13.5. The minimum Gasteiger partial charge on any atom is -0.497 e. The van der Waals surface area contributed by atoms with E-state index in [1.807, 2.05) is 12.1 Å². The Hall–Kier alpha value is -1.96. The van der Waals surface area contributed by atoms with E-state index < -0.39 is 0 Å². The van der Waals surface area contributed by atoms with Crippen molar-refractivity contribution in [2.24, 2.45) is 0 Å². The first kappa shape index (κ1) is 18.4. The summed E-state index contributed by atoms with van der Waals surface area (Å²) < 4.78 is 10.9. The van der Waals surface area contributed by atoms with Crippen molar-refractivity contribution in [1.29, 1.82) is 0 Å². The summed E-state index contributed by atoms with van der Waals surface area (Å²) in [5, 5.41) is 0. The van der Waals surface area contributed by atoms with Gasteiger partial charge in [0, 0.05) is 0 Å². The molecule has 0 unspecified atom stereocenters. The van der Waals surface area contributed by atoms with Crippen LogP contribution in [0.1, 0.15) is 52.7 Å². The molecule has 130 valence electrons. The number of hydrogen-bond donors (Lipinski definition) is 0. The summed E-state index contributed by atoms with van der Waals surface area (Å²) in [5.74, 6) is 1.78. The molecular weight excluding hydrogens is 296 g/mol. The zero-order chi connectivity index (χ0) is 18.1. The number of benzene rings is 2. The Balaban J connectivity index is 2.80. The molecule has 0 radical (unpaired) electrons. The van der Waals surface area contributed by atoms with Crippen molar-refractivity contribution in [1.82, 2.24) is 0 Å². The van der Waals surface area contributed by atoms with Gasteiger partial charge in [-0.15, -0.1) is 0 Å². The van der Waals surface area contributed by atoms with Gasteiger partial charge in [-0.3, -0.25) is 0 Å². The van der Waals surface area contributed by atoms with E-state index >= 15 is 0 Å². The third kappa shape index (κ3) is 3.75. The van der Waals surface area contributed by atoms with Crippen LogP contribution in [0, 0.1) is 0 Å². The SMILES string of the molecule is COc1ccc(C(C)(C)C)c(-c2ccc(OC)cc2C(C)(C)C)c1. The summed E-state index contributed by atoms with van der Waals surface area (Å²) in [5.41, 5.74) is 5.14. The molecule has 0 fully saturated rings. The Morgan fingerprint density at radius 3 is 1.58 bits per heavy atom. The molecule has 2 aromatic carbocycles. The summed E-state index contributed by atoms with van der Waals surface area (Å²) in [6.07, 6.45) is 0. The summed E-state index contributed by atoms with van der Waals surface area (Å²) in [7, 11) is 3.43. The lowest BCUT2D eigenvalue weighted by Crippen LogP contribution is -2.16. The molecule has 0 saturated heterocycles. The Morgan fingerprint density at radius 2 is 1.08 bits per heavy atom. The zero-order valence-corrected chi connectivity index (χ0v) is 16.3. The number of rotatable bonds is 3. The molecule has 0 aliphatic carbocycles. The molecule has 0 atom stereocenters. The minimum absolute atomic E-state index is 0.0160. The van der Waals surface area contributed by atoms with E-state index in [2.05, 4.69) is 65.8 Å². The van der Waals surface area contributed by atoms with Crippen molar-refractivity contribution in [3.63, 3.8) is 0 Å². The fourth-order valence-electron chi connectivity index (χ4n) is 3.03. The second kappa shape index (κ2) is 6.51. The minimum atomic E-state index is 0.0160. The summed E-state index contributed by atoms with van der Waals surface area (Å²) in [6, 6.07) is 12.7. The first-order valence-corrected chi connectivity index (χ1v) is 8.45. The monoisotopic (exact) mass is 326 g/mol. The normalized spacial score (nSPS) is 12.2. The van der Waals surface area contributed by atoms with Crippen LogP contribution in [0.5, 0.6) is 11.5 Å². The van der Waals surface area contributed by atoms with Gasteiger partial charge in [0.2, 0.25) is 0 Å². The van der Waals surface area contributed by atoms with Crippen LogP contribution in [0.2, 0.25) is 0 Å². The highest BCUT2D eigenvalue weighted by Crippen LogP contribution is 2.41. The molecule has 0 bridgehead atoms. The molecule has 0 spiro atoms. The second-order valence-corrected chi connectivity index (χ2v) is 8.32. The molecule has 0 N–H and O–H groups in total. The van der Waals surface area contributed by atoms with Crippen molar-refractivity contribution >= 4 is 0 Å². The summed E-state index contributed by atoms with van der Waals surface area (Å²) >= 11 is 0. The van der Waals surface area contributed by atoms with Gasteiger partial charge in [0.1, 0.15) is 11.5 Å². The molecule has 2 rings (SSSR count). The lowest BCUT2D eigenvalue weighted by atomic mass is 9.77. The molecule has 0 saturated carbocycles. The molecule has 2 nitrogen and oxygen atoms in total. The Kier molecular flexibility index (Phi) is 4.98. The van der Waals surface area contributed by atoms with E-state index in [1.54, 1.807) is 14.2 Å². The standard InChI is InChI=1S/C22H30O2/c1-21(2,3)19-12-10-15(23-7)13-18(19)17-11-9-16(24-8)14-20(17)22(4,5)6/h9-14H,1-8H3. The van der Waals surface area contributed by atoms with Crippen molar-refractivity contribution in [3.8, 4) is 22.6 Å². The van der Waals surface area contributed by atoms with Gasteiger partial charge in [-0.2, -0.15) is 0 Å². The van der Waals surface area contributed by atoms with Gasteiger partial charge in [-0.1, -0.05) is 53.7 Å². The lowest BCUT2D eigenvalue weighted by molar-refractivity contribution is 0.412. The van der Waals surface area contributed by atoms with Crippen LogP contribution in [-0.4, -0.2) is 14.2 Å². The summed E-state index contributed by atoms with van der Waals surface area (Å²) in [4.78, 5) is 0. The van der Waals surface area contributed by atoms with Crippen LogP contribution >= 0.6 is 0 Å². The topological polar surface area (TPSA) is 18.5 Å². The van der Waals surface area contributed by atoms with E-state index in [1.165, 1.54) is 22.3 Å². The highest BCUT2D eigenvalue weighted by atomic mass is 16.5. The molecule has 0 aliphatic rings. The molecular formula is C22H30O2. The van der Waals surface area contributed by atoms with Crippen molar-refractivity contribution in [2.75, 3.05) is 14.2 Å². The quantitative estimate of drug-likeness (QED) is 0.692. The molecule has 0 aliphatic heterocycles. The third-order valence-corrected chi connectivity index (χ3v) is 4.36. The molecule has 24 heavy (non-hydrogen) atoms. The first-order chi connectivity index (χ1) is 11.1. The van der Waals surface area contributed by atoms with E-state index in [4.69, 9.17) is 9.47 Å². The molecule has 2 aromatic rings.